The number of piperidine rings is 1. The number of hydrogen-bond acceptors (Lipinski definition) is 2. The van der Waals surface area contributed by atoms with Crippen molar-refractivity contribution in [2.45, 2.75) is 26.2 Å². The van der Waals surface area contributed by atoms with Gasteiger partial charge in [0, 0.05) is 25.8 Å². The van der Waals surface area contributed by atoms with Gasteiger partial charge in [0.25, 0.3) is 0 Å². The third-order valence-electron chi connectivity index (χ3n) is 5.26. The van der Waals surface area contributed by atoms with E-state index in [2.05, 4.69) is 10.6 Å². The van der Waals surface area contributed by atoms with Crippen LogP contribution in [0.1, 0.15) is 24.0 Å². The van der Waals surface area contributed by atoms with Gasteiger partial charge in [-0.05, 0) is 43.9 Å². The van der Waals surface area contributed by atoms with Crippen molar-refractivity contribution in [1.29, 1.82) is 0 Å². The zero-order valence-corrected chi connectivity index (χ0v) is 16.0. The van der Waals surface area contributed by atoms with Gasteiger partial charge in [0.05, 0.1) is 5.41 Å². The van der Waals surface area contributed by atoms with E-state index < -0.39 is 5.41 Å². The number of nitrogens with zero attached hydrogens (tertiary/aromatic N) is 1. The first-order valence-electron chi connectivity index (χ1n) is 9.41. The molecule has 0 radical (unpaired) electrons. The Morgan fingerprint density at radius 3 is 2.44 bits per heavy atom. The summed E-state index contributed by atoms with van der Waals surface area (Å²) in [7, 11) is 1.67. The van der Waals surface area contributed by atoms with E-state index in [1.54, 1.807) is 11.9 Å². The average molecular weight is 365 g/mol. The first kappa shape index (κ1) is 19.0. The van der Waals surface area contributed by atoms with Crippen molar-refractivity contribution in [2.24, 2.45) is 5.41 Å². The molecule has 142 valence electrons. The van der Waals surface area contributed by atoms with Gasteiger partial charge >= 0.3 is 6.03 Å². The molecule has 0 spiro atoms. The predicted molar refractivity (Wildman–Crippen MR) is 108 cm³/mol. The first-order valence-corrected chi connectivity index (χ1v) is 9.41. The molecule has 5 heteroatoms. The van der Waals surface area contributed by atoms with Crippen LogP contribution in [0, 0.1) is 12.3 Å². The number of rotatable bonds is 4. The lowest BCUT2D eigenvalue weighted by molar-refractivity contribution is -0.133. The number of carbonyl (C=O) groups excluding carboxylic acids is 2. The lowest BCUT2D eigenvalue weighted by atomic mass is 9.74. The number of anilines is 1. The van der Waals surface area contributed by atoms with Crippen LogP contribution >= 0.6 is 0 Å². The van der Waals surface area contributed by atoms with Crippen LogP contribution in [0.4, 0.5) is 10.5 Å². The quantitative estimate of drug-likeness (QED) is 0.870. The summed E-state index contributed by atoms with van der Waals surface area (Å²) in [4.78, 5) is 27.3. The lowest BCUT2D eigenvalue weighted by Gasteiger charge is -2.41. The molecule has 0 aromatic heterocycles. The topological polar surface area (TPSA) is 61.4 Å². The number of carbonyl (C=O) groups is 2. The van der Waals surface area contributed by atoms with Crippen LogP contribution in [0.2, 0.25) is 0 Å². The number of urea groups is 1. The molecule has 2 N–H and O–H groups in total. The molecule has 0 bridgehead atoms. The molecule has 2 aromatic carbocycles. The van der Waals surface area contributed by atoms with Crippen LogP contribution in [0.5, 0.6) is 0 Å². The Bertz CT molecular complexity index is 789. The summed E-state index contributed by atoms with van der Waals surface area (Å²) in [5.74, 6) is -0.000751. The highest BCUT2D eigenvalue weighted by atomic mass is 16.2. The maximum absolute atomic E-state index is 12.8. The Morgan fingerprint density at radius 1 is 1.07 bits per heavy atom. The third-order valence-corrected chi connectivity index (χ3v) is 5.26. The maximum Gasteiger partial charge on any atom is 0.321 e. The molecule has 5 nitrogen and oxygen atoms in total. The Balaban J connectivity index is 1.76. The summed E-state index contributed by atoms with van der Waals surface area (Å²) < 4.78 is 0. The van der Waals surface area contributed by atoms with Crippen molar-refractivity contribution in [3.05, 3.63) is 65.7 Å². The second-order valence-electron chi connectivity index (χ2n) is 7.34. The van der Waals surface area contributed by atoms with Crippen LogP contribution in [-0.2, 0) is 11.2 Å². The highest BCUT2D eigenvalue weighted by Crippen LogP contribution is 2.34. The van der Waals surface area contributed by atoms with Gasteiger partial charge < -0.3 is 15.5 Å². The summed E-state index contributed by atoms with van der Waals surface area (Å²) in [6, 6.07) is 17.6. The maximum atomic E-state index is 12.8. The smallest absolute Gasteiger partial charge is 0.321 e. The summed E-state index contributed by atoms with van der Waals surface area (Å²) >= 11 is 0. The third kappa shape index (κ3) is 4.48. The van der Waals surface area contributed by atoms with E-state index >= 15 is 0 Å². The highest BCUT2D eigenvalue weighted by Gasteiger charge is 2.43. The Hall–Kier alpha value is -2.82. The fourth-order valence-corrected chi connectivity index (χ4v) is 3.81. The second kappa shape index (κ2) is 8.25. The summed E-state index contributed by atoms with van der Waals surface area (Å²) in [5, 5.41) is 5.77. The molecule has 1 aliphatic rings. The molecule has 0 aliphatic carbocycles. The minimum absolute atomic E-state index is 0.000751. The normalized spacial score (nSPS) is 19.4. The minimum Gasteiger partial charge on any atom is -0.359 e. The van der Waals surface area contributed by atoms with Crippen molar-refractivity contribution in [3.63, 3.8) is 0 Å². The molecule has 1 unspecified atom stereocenters. The summed E-state index contributed by atoms with van der Waals surface area (Å²) in [5.41, 5.74) is 2.43. The molecule has 27 heavy (non-hydrogen) atoms. The minimum atomic E-state index is -0.598. The number of hydrogen-bond donors (Lipinski definition) is 2. The van der Waals surface area contributed by atoms with Crippen molar-refractivity contribution < 1.29 is 9.59 Å². The van der Waals surface area contributed by atoms with E-state index in [1.807, 2.05) is 61.5 Å². The molecule has 3 amide bonds. The standard InChI is InChI=1S/C22H27N3O2/c1-17-9-11-19(12-10-17)24-21(27)25-14-6-13-22(16-25,20(26)23-2)15-18-7-4-3-5-8-18/h3-5,7-12H,6,13-16H2,1-2H3,(H,23,26)(H,24,27). The van der Waals surface area contributed by atoms with Crippen LogP contribution < -0.4 is 10.6 Å². The fraction of sp³-hybridized carbons (Fsp3) is 0.364. The molecular weight excluding hydrogens is 338 g/mol. The zero-order chi connectivity index (χ0) is 19.3. The number of amides is 3. The fourth-order valence-electron chi connectivity index (χ4n) is 3.81. The first-order chi connectivity index (χ1) is 13.0. The lowest BCUT2D eigenvalue weighted by Crippen LogP contribution is -2.54. The van der Waals surface area contributed by atoms with Gasteiger partial charge in [-0.25, -0.2) is 4.79 Å². The average Bonchev–Trinajstić information content (AvgIpc) is 2.70. The number of likely N-dealkylation sites (tertiary alicyclic amines) is 1. The summed E-state index contributed by atoms with van der Waals surface area (Å²) in [6.07, 6.45) is 2.21. The Kier molecular flexibility index (Phi) is 5.79. The van der Waals surface area contributed by atoms with Crippen LogP contribution in [-0.4, -0.2) is 37.0 Å². The molecule has 0 saturated carbocycles. The molecule has 1 aliphatic heterocycles. The van der Waals surface area contributed by atoms with Crippen LogP contribution in [0.15, 0.2) is 54.6 Å². The zero-order valence-electron chi connectivity index (χ0n) is 16.0. The number of benzene rings is 2. The van der Waals surface area contributed by atoms with Gasteiger partial charge in [0.2, 0.25) is 5.91 Å². The second-order valence-corrected chi connectivity index (χ2v) is 7.34. The van der Waals surface area contributed by atoms with E-state index in [0.717, 1.165) is 29.7 Å². The van der Waals surface area contributed by atoms with E-state index in [9.17, 15) is 9.59 Å². The molecule has 1 heterocycles. The van der Waals surface area contributed by atoms with Gasteiger partial charge in [-0.2, -0.15) is 0 Å². The van der Waals surface area contributed by atoms with E-state index in [4.69, 9.17) is 0 Å². The van der Waals surface area contributed by atoms with Gasteiger partial charge in [0.1, 0.15) is 0 Å². The van der Waals surface area contributed by atoms with Gasteiger partial charge in [-0.15, -0.1) is 0 Å². The molecule has 1 atom stereocenters. The van der Waals surface area contributed by atoms with Gasteiger partial charge in [-0.1, -0.05) is 48.0 Å². The van der Waals surface area contributed by atoms with Crippen LogP contribution in [0.25, 0.3) is 0 Å². The van der Waals surface area contributed by atoms with E-state index in [1.165, 1.54) is 0 Å². The highest BCUT2D eigenvalue weighted by molar-refractivity contribution is 5.90. The van der Waals surface area contributed by atoms with E-state index in [0.29, 0.717) is 19.5 Å². The molecule has 2 aromatic rings. The molecule has 3 rings (SSSR count). The summed E-state index contributed by atoms with van der Waals surface area (Å²) in [6.45, 7) is 3.09. The monoisotopic (exact) mass is 365 g/mol. The van der Waals surface area contributed by atoms with Crippen molar-refractivity contribution in [3.8, 4) is 0 Å². The predicted octanol–water partition coefficient (Wildman–Crippen LogP) is 3.60. The van der Waals surface area contributed by atoms with Gasteiger partial charge in [0.15, 0.2) is 0 Å². The molecule has 1 fully saturated rings. The van der Waals surface area contributed by atoms with Crippen LogP contribution in [0.3, 0.4) is 0 Å². The largest absolute Gasteiger partial charge is 0.359 e. The molecular formula is C22H27N3O2. The number of aryl methyl sites for hydroxylation is 1. The van der Waals surface area contributed by atoms with Crippen molar-refractivity contribution >= 4 is 17.6 Å². The SMILES string of the molecule is CNC(=O)C1(Cc2ccccc2)CCCN(C(=O)Nc2ccc(C)cc2)C1. The van der Waals surface area contributed by atoms with Crippen molar-refractivity contribution in [2.75, 3.05) is 25.5 Å². The number of nitrogens with one attached hydrogen (secondary N) is 2. The Morgan fingerprint density at radius 2 is 1.78 bits per heavy atom. The molecule has 1 saturated heterocycles. The van der Waals surface area contributed by atoms with E-state index in [-0.39, 0.29) is 11.9 Å². The van der Waals surface area contributed by atoms with Gasteiger partial charge in [-0.3, -0.25) is 4.79 Å². The Labute approximate surface area is 160 Å². The van der Waals surface area contributed by atoms with Crippen molar-refractivity contribution in [1.82, 2.24) is 10.2 Å².